The standard InChI is InChI=1S/C95H82BN3O/c1-91(2,3)63-33-27-32-61(50-63)62-51-78-89-86(52-62)99(90-71(59-28-15-13-16-29-59)55-66(94(10,11)12)56-72(90)60-30-17-14-18-31-60)85-58-68(98-83-48-42-64(92(4,5)6)53-73(83)74-54-65(93(7,8)9)43-49-84(74)98)45-47-80(85)96(89)79-46-44-67(97-81-38-23-19-34-69(81)70-35-20-24-39-82(70)97)57-77(79)95(78)75-36-21-25-40-87(75)100-88-41-26-22-37-76(88)95/h13-58H,1-12H3/i19D,20D,23D,24D,34D,35D,38D,39D. The van der Waals surface area contributed by atoms with Gasteiger partial charge in [0.25, 0.3) is 0 Å². The molecular formula is C95H82BN3O. The van der Waals surface area contributed by atoms with E-state index >= 15 is 0 Å². The summed E-state index contributed by atoms with van der Waals surface area (Å²) in [5.41, 5.74) is 22.5. The number of hydrogen-bond donors (Lipinski definition) is 0. The highest BCUT2D eigenvalue weighted by Gasteiger charge is 2.55. The number of para-hydroxylation sites is 4. The Morgan fingerprint density at radius 3 is 1.37 bits per heavy atom. The van der Waals surface area contributed by atoms with Crippen LogP contribution in [-0.2, 0) is 27.1 Å². The lowest BCUT2D eigenvalue weighted by atomic mass is 9.29. The minimum absolute atomic E-state index is 0.0132. The molecule has 0 N–H and O–H groups in total. The number of benzene rings is 13. The SMILES string of the molecule is [2H]c1c([2H])c([2H])c2c(c1[2H])c1c([2H])c([2H])c([2H])c([2H])c1n2-c1ccc2c(c1)C1(c3ccccc3Oc3ccccc31)c1cc(-c3cccc(C(C)(C)C)c3)cc3c1B2c1ccc(-n2c4ccc(C(C)(C)C)cc4c4cc(C(C)(C)C)ccc42)cc1N3c1c(-c2ccccc2)cc(C(C)(C)C)cc1-c1ccccc1. The van der Waals surface area contributed by atoms with Crippen LogP contribution in [0.5, 0.6) is 11.5 Å². The molecule has 0 fully saturated rings. The van der Waals surface area contributed by atoms with Crippen LogP contribution in [0.4, 0.5) is 17.1 Å². The van der Waals surface area contributed by atoms with Gasteiger partial charge < -0.3 is 18.8 Å². The Morgan fingerprint density at radius 2 is 0.820 bits per heavy atom. The maximum atomic E-state index is 9.84. The molecular weight excluding hydrogens is 1210 g/mol. The Kier molecular flexibility index (Phi) is 11.7. The van der Waals surface area contributed by atoms with Crippen molar-refractivity contribution in [3.63, 3.8) is 0 Å². The summed E-state index contributed by atoms with van der Waals surface area (Å²) in [6.07, 6.45) is 0. The Hall–Kier alpha value is -10.9. The fourth-order valence-corrected chi connectivity index (χ4v) is 16.6. The first-order valence-electron chi connectivity index (χ1n) is 39.1. The van der Waals surface area contributed by atoms with Crippen LogP contribution in [0.3, 0.4) is 0 Å². The molecule has 0 radical (unpaired) electrons. The van der Waals surface area contributed by atoms with Gasteiger partial charge in [-0.2, -0.15) is 0 Å². The van der Waals surface area contributed by atoms with Crippen molar-refractivity contribution in [3.8, 4) is 56.3 Å². The van der Waals surface area contributed by atoms with E-state index in [2.05, 4.69) is 293 Å². The number of hydrogen-bond acceptors (Lipinski definition) is 2. The molecule has 0 saturated carbocycles. The molecule has 5 heterocycles. The van der Waals surface area contributed by atoms with E-state index in [1.54, 1.807) is 4.57 Å². The number of rotatable bonds is 6. The molecule has 100 heavy (non-hydrogen) atoms. The van der Waals surface area contributed by atoms with Gasteiger partial charge in [0.05, 0.1) is 44.1 Å². The van der Waals surface area contributed by atoms with Crippen molar-refractivity contribution in [1.82, 2.24) is 9.13 Å². The van der Waals surface area contributed by atoms with Crippen molar-refractivity contribution in [3.05, 3.63) is 323 Å². The maximum absolute atomic E-state index is 9.84. The number of ether oxygens (including phenoxy) is 1. The summed E-state index contributed by atoms with van der Waals surface area (Å²) >= 11 is 0. The molecule has 3 aliphatic rings. The van der Waals surface area contributed by atoms with Crippen molar-refractivity contribution >= 4 is 83.8 Å². The molecule has 0 bridgehead atoms. The van der Waals surface area contributed by atoms with Crippen LogP contribution in [-0.4, -0.2) is 15.8 Å². The van der Waals surface area contributed by atoms with E-state index < -0.39 is 48.4 Å². The molecule has 0 aliphatic carbocycles. The summed E-state index contributed by atoms with van der Waals surface area (Å²) < 4.78 is 86.9. The van der Waals surface area contributed by atoms with Gasteiger partial charge in [-0.3, -0.25) is 0 Å². The van der Waals surface area contributed by atoms with Crippen LogP contribution < -0.4 is 26.0 Å². The Morgan fingerprint density at radius 1 is 0.340 bits per heavy atom. The van der Waals surface area contributed by atoms with Gasteiger partial charge >= 0.3 is 0 Å². The summed E-state index contributed by atoms with van der Waals surface area (Å²) in [6, 6.07) is 81.2. The Labute approximate surface area is 600 Å². The number of fused-ring (bicyclic) bond motifs is 16. The minimum Gasteiger partial charge on any atom is -0.457 e. The molecule has 3 aliphatic heterocycles. The van der Waals surface area contributed by atoms with Crippen molar-refractivity contribution in [2.45, 2.75) is 110 Å². The molecule has 15 aromatic rings. The van der Waals surface area contributed by atoms with Gasteiger partial charge in [0.15, 0.2) is 0 Å². The maximum Gasteiger partial charge on any atom is 0.247 e. The highest BCUT2D eigenvalue weighted by molar-refractivity contribution is 6.99. The van der Waals surface area contributed by atoms with Gasteiger partial charge in [-0.25, -0.2) is 0 Å². The van der Waals surface area contributed by atoms with E-state index in [0.717, 1.165) is 106 Å². The smallest absolute Gasteiger partial charge is 0.247 e. The molecule has 0 unspecified atom stereocenters. The molecule has 13 aromatic carbocycles. The van der Waals surface area contributed by atoms with Crippen molar-refractivity contribution in [2.75, 3.05) is 4.90 Å². The minimum atomic E-state index is -1.25. The first-order valence-corrected chi connectivity index (χ1v) is 35.1. The zero-order chi connectivity index (χ0) is 75.5. The molecule has 18 rings (SSSR count). The highest BCUT2D eigenvalue weighted by Crippen LogP contribution is 2.59. The zero-order valence-electron chi connectivity index (χ0n) is 66.8. The van der Waals surface area contributed by atoms with Crippen molar-refractivity contribution in [2.24, 2.45) is 0 Å². The quantitative estimate of drug-likeness (QED) is 0.155. The monoisotopic (exact) mass is 1300 g/mol. The van der Waals surface area contributed by atoms with Crippen LogP contribution >= 0.6 is 0 Å². The highest BCUT2D eigenvalue weighted by atomic mass is 16.5. The normalized spacial score (nSPS) is 15.0. The lowest BCUT2D eigenvalue weighted by molar-refractivity contribution is 0.435. The molecule has 2 aromatic heterocycles. The van der Waals surface area contributed by atoms with Gasteiger partial charge in [0.1, 0.15) is 11.5 Å². The van der Waals surface area contributed by atoms with E-state index in [9.17, 15) is 8.22 Å². The van der Waals surface area contributed by atoms with Crippen LogP contribution in [0, 0.1) is 0 Å². The molecule has 5 heteroatoms. The Balaban J connectivity index is 1.06. The lowest BCUT2D eigenvalue weighted by Gasteiger charge is -2.50. The molecule has 0 amide bonds. The number of nitrogens with zero attached hydrogens (tertiary/aromatic N) is 3. The van der Waals surface area contributed by atoms with Gasteiger partial charge in [-0.15, -0.1) is 0 Å². The van der Waals surface area contributed by atoms with E-state index in [1.165, 1.54) is 33.0 Å². The third-order valence-electron chi connectivity index (χ3n) is 21.7. The van der Waals surface area contributed by atoms with E-state index in [1.807, 2.05) is 30.3 Å². The first-order chi connectivity index (χ1) is 51.4. The average molecular weight is 1300 g/mol. The predicted molar refractivity (Wildman–Crippen MR) is 424 cm³/mol. The Bertz CT molecular complexity index is 6130. The number of aromatic nitrogens is 2. The number of anilines is 3. The third kappa shape index (κ3) is 9.33. The lowest BCUT2D eigenvalue weighted by Crippen LogP contribution is -2.65. The zero-order valence-corrected chi connectivity index (χ0v) is 58.8. The van der Waals surface area contributed by atoms with E-state index in [0.29, 0.717) is 17.2 Å². The van der Waals surface area contributed by atoms with Crippen LogP contribution in [0.15, 0.2) is 279 Å². The van der Waals surface area contributed by atoms with Crippen LogP contribution in [0.2, 0.25) is 0 Å². The predicted octanol–water partition coefficient (Wildman–Crippen LogP) is 23.2. The molecule has 486 valence electrons. The second kappa shape index (κ2) is 22.1. The van der Waals surface area contributed by atoms with Crippen LogP contribution in [0.1, 0.15) is 139 Å². The second-order valence-corrected chi connectivity index (χ2v) is 31.9. The fraction of sp³-hybridized carbons (Fsp3) is 0.179. The van der Waals surface area contributed by atoms with Crippen molar-refractivity contribution in [1.29, 1.82) is 0 Å². The fourth-order valence-electron chi connectivity index (χ4n) is 16.6. The van der Waals surface area contributed by atoms with Crippen molar-refractivity contribution < 1.29 is 15.7 Å². The molecule has 4 nitrogen and oxygen atoms in total. The largest absolute Gasteiger partial charge is 0.457 e. The van der Waals surface area contributed by atoms with Gasteiger partial charge in [0, 0.05) is 66.5 Å². The summed E-state index contributed by atoms with van der Waals surface area (Å²) in [4.78, 5) is 2.62. The van der Waals surface area contributed by atoms with Crippen LogP contribution in [0.25, 0.3) is 88.4 Å². The molecule has 0 saturated heterocycles. The van der Waals surface area contributed by atoms with Gasteiger partial charge in [0.2, 0.25) is 6.71 Å². The second-order valence-electron chi connectivity index (χ2n) is 31.9. The van der Waals surface area contributed by atoms with Gasteiger partial charge in [-0.1, -0.05) is 270 Å². The summed E-state index contributed by atoms with van der Waals surface area (Å²) in [5, 5.41) is 2.39. The summed E-state index contributed by atoms with van der Waals surface area (Å²) in [6.45, 7) is 26.9. The third-order valence-corrected chi connectivity index (χ3v) is 21.7. The molecule has 0 atom stereocenters. The first kappa shape index (κ1) is 53.1. The average Bonchev–Trinajstić information content (AvgIpc) is 0.710. The summed E-state index contributed by atoms with van der Waals surface area (Å²) in [7, 11) is 0. The van der Waals surface area contributed by atoms with E-state index in [-0.39, 0.29) is 55.6 Å². The summed E-state index contributed by atoms with van der Waals surface area (Å²) in [5.74, 6) is 1.31. The molecule has 1 spiro atoms. The van der Waals surface area contributed by atoms with E-state index in [4.69, 9.17) is 7.48 Å². The van der Waals surface area contributed by atoms with Gasteiger partial charge in [-0.05, 0) is 185 Å². The topological polar surface area (TPSA) is 22.3 Å².